The van der Waals surface area contributed by atoms with Gasteiger partial charge in [0.25, 0.3) is 0 Å². The van der Waals surface area contributed by atoms with Crippen LogP contribution in [0.4, 0.5) is 0 Å². The number of hydrogen-bond acceptors (Lipinski definition) is 5. The third-order valence-electron chi connectivity index (χ3n) is 4.49. The van der Waals surface area contributed by atoms with Crippen molar-refractivity contribution in [3.05, 3.63) is 0 Å². The lowest BCUT2D eigenvalue weighted by molar-refractivity contribution is -0.149. The van der Waals surface area contributed by atoms with E-state index in [1.807, 2.05) is 0 Å². The lowest BCUT2D eigenvalue weighted by atomic mass is 9.79. The van der Waals surface area contributed by atoms with Crippen LogP contribution in [-0.2, 0) is 14.3 Å². The van der Waals surface area contributed by atoms with E-state index in [-0.39, 0.29) is 5.97 Å². The minimum absolute atomic E-state index is 0.266. The molecule has 0 spiro atoms. The van der Waals surface area contributed by atoms with Gasteiger partial charge in [-0.25, -0.2) is 0 Å². The first-order valence-corrected chi connectivity index (χ1v) is 7.32. The SMILES string of the molecule is CCC1CN(C2CCCC(N)(C(=O)OC)C2)CCO1. The van der Waals surface area contributed by atoms with Gasteiger partial charge in [-0.15, -0.1) is 0 Å². The fourth-order valence-corrected chi connectivity index (χ4v) is 3.30. The van der Waals surface area contributed by atoms with Crippen molar-refractivity contribution in [2.24, 2.45) is 5.73 Å². The van der Waals surface area contributed by atoms with E-state index >= 15 is 0 Å². The fourth-order valence-electron chi connectivity index (χ4n) is 3.30. The summed E-state index contributed by atoms with van der Waals surface area (Å²) in [6.07, 6.45) is 4.90. The predicted molar refractivity (Wildman–Crippen MR) is 72.8 cm³/mol. The maximum atomic E-state index is 11.8. The van der Waals surface area contributed by atoms with E-state index in [2.05, 4.69) is 11.8 Å². The van der Waals surface area contributed by atoms with Crippen LogP contribution in [0.3, 0.4) is 0 Å². The van der Waals surface area contributed by atoms with Crippen LogP contribution < -0.4 is 5.73 Å². The van der Waals surface area contributed by atoms with Crippen LogP contribution in [0.15, 0.2) is 0 Å². The number of methoxy groups -OCH3 is 1. The smallest absolute Gasteiger partial charge is 0.325 e. The van der Waals surface area contributed by atoms with E-state index in [9.17, 15) is 4.79 Å². The first kappa shape index (κ1) is 14.8. The Morgan fingerprint density at radius 3 is 3.05 bits per heavy atom. The summed E-state index contributed by atoms with van der Waals surface area (Å²) in [6.45, 7) is 4.83. The molecule has 110 valence electrons. The third kappa shape index (κ3) is 3.27. The summed E-state index contributed by atoms with van der Waals surface area (Å²) in [7, 11) is 1.42. The van der Waals surface area contributed by atoms with Crippen molar-refractivity contribution in [2.75, 3.05) is 26.8 Å². The molecule has 3 unspecified atom stereocenters. The molecule has 1 aliphatic heterocycles. The summed E-state index contributed by atoms with van der Waals surface area (Å²) in [5, 5.41) is 0. The largest absolute Gasteiger partial charge is 0.468 e. The van der Waals surface area contributed by atoms with Crippen molar-refractivity contribution in [3.8, 4) is 0 Å². The van der Waals surface area contributed by atoms with Gasteiger partial charge in [-0.3, -0.25) is 9.69 Å². The Bertz CT molecular complexity index is 324. The molecule has 0 bridgehead atoms. The fraction of sp³-hybridized carbons (Fsp3) is 0.929. The normalized spacial score (nSPS) is 37.0. The maximum Gasteiger partial charge on any atom is 0.325 e. The van der Waals surface area contributed by atoms with E-state index in [1.165, 1.54) is 7.11 Å². The van der Waals surface area contributed by atoms with E-state index in [0.29, 0.717) is 18.6 Å². The van der Waals surface area contributed by atoms with Crippen molar-refractivity contribution in [1.29, 1.82) is 0 Å². The number of esters is 1. The Hall–Kier alpha value is -0.650. The lowest BCUT2D eigenvalue weighted by Gasteiger charge is -2.44. The number of rotatable bonds is 3. The van der Waals surface area contributed by atoms with Gasteiger partial charge in [-0.1, -0.05) is 6.92 Å². The number of morpholine rings is 1. The molecule has 2 N–H and O–H groups in total. The third-order valence-corrected chi connectivity index (χ3v) is 4.49. The number of hydrogen-bond donors (Lipinski definition) is 1. The molecule has 2 fully saturated rings. The van der Waals surface area contributed by atoms with Crippen LogP contribution in [-0.4, -0.2) is 55.4 Å². The van der Waals surface area contributed by atoms with Crippen molar-refractivity contribution in [3.63, 3.8) is 0 Å². The number of nitrogens with zero attached hydrogens (tertiary/aromatic N) is 1. The van der Waals surface area contributed by atoms with E-state index < -0.39 is 5.54 Å². The molecular formula is C14H26N2O3. The first-order valence-electron chi connectivity index (χ1n) is 7.32. The van der Waals surface area contributed by atoms with E-state index in [4.69, 9.17) is 15.2 Å². The summed E-state index contributed by atoms with van der Waals surface area (Å²) >= 11 is 0. The Balaban J connectivity index is 1.98. The van der Waals surface area contributed by atoms with Gasteiger partial charge in [0, 0.05) is 19.1 Å². The molecule has 0 aromatic heterocycles. The minimum atomic E-state index is -0.794. The maximum absolute atomic E-state index is 11.8. The Labute approximate surface area is 115 Å². The highest BCUT2D eigenvalue weighted by atomic mass is 16.5. The monoisotopic (exact) mass is 270 g/mol. The van der Waals surface area contributed by atoms with Gasteiger partial charge in [0.2, 0.25) is 0 Å². The summed E-state index contributed by atoms with van der Waals surface area (Å²) in [5.41, 5.74) is 5.45. The molecule has 5 heteroatoms. The average molecular weight is 270 g/mol. The molecule has 3 atom stereocenters. The molecule has 2 aliphatic rings. The second kappa shape index (κ2) is 6.20. The Kier molecular flexibility index (Phi) is 4.81. The lowest BCUT2D eigenvalue weighted by Crippen LogP contribution is -2.58. The van der Waals surface area contributed by atoms with Crippen molar-refractivity contribution in [2.45, 2.75) is 56.7 Å². The van der Waals surface area contributed by atoms with Gasteiger partial charge < -0.3 is 15.2 Å². The number of nitrogens with two attached hydrogens (primary N) is 1. The second-order valence-corrected chi connectivity index (χ2v) is 5.79. The zero-order chi connectivity index (χ0) is 13.9. The van der Waals surface area contributed by atoms with Gasteiger partial charge >= 0.3 is 5.97 Å². The molecule has 0 amide bonds. The molecule has 0 aromatic carbocycles. The molecule has 2 rings (SSSR count). The Morgan fingerprint density at radius 1 is 1.58 bits per heavy atom. The summed E-state index contributed by atoms with van der Waals surface area (Å²) in [4.78, 5) is 14.3. The second-order valence-electron chi connectivity index (χ2n) is 5.79. The Morgan fingerprint density at radius 2 is 2.37 bits per heavy atom. The minimum Gasteiger partial charge on any atom is -0.468 e. The van der Waals surface area contributed by atoms with Gasteiger partial charge in [-0.2, -0.15) is 0 Å². The molecule has 0 radical (unpaired) electrons. The molecule has 19 heavy (non-hydrogen) atoms. The van der Waals surface area contributed by atoms with Crippen LogP contribution in [0.25, 0.3) is 0 Å². The highest BCUT2D eigenvalue weighted by Crippen LogP contribution is 2.31. The quantitative estimate of drug-likeness (QED) is 0.772. The van der Waals surface area contributed by atoms with Crippen LogP contribution in [0.5, 0.6) is 0 Å². The number of ether oxygens (including phenoxy) is 2. The molecule has 1 saturated heterocycles. The van der Waals surface area contributed by atoms with E-state index in [1.54, 1.807) is 0 Å². The van der Waals surface area contributed by atoms with Crippen molar-refractivity contribution in [1.82, 2.24) is 4.90 Å². The topological polar surface area (TPSA) is 64.8 Å². The van der Waals surface area contributed by atoms with Crippen molar-refractivity contribution >= 4 is 5.97 Å². The van der Waals surface area contributed by atoms with Crippen LogP contribution in [0, 0.1) is 0 Å². The van der Waals surface area contributed by atoms with Crippen LogP contribution in [0.2, 0.25) is 0 Å². The predicted octanol–water partition coefficient (Wildman–Crippen LogP) is 0.910. The molecule has 5 nitrogen and oxygen atoms in total. The summed E-state index contributed by atoms with van der Waals surface area (Å²) in [5.74, 6) is -0.266. The molecule has 1 saturated carbocycles. The molecule has 0 aromatic rings. The average Bonchev–Trinajstić information content (AvgIpc) is 2.46. The number of carbonyl (C=O) groups excluding carboxylic acids is 1. The van der Waals surface area contributed by atoms with Gasteiger partial charge in [0.1, 0.15) is 5.54 Å². The highest BCUT2D eigenvalue weighted by molar-refractivity contribution is 5.80. The van der Waals surface area contributed by atoms with Gasteiger partial charge in [0.05, 0.1) is 19.8 Å². The standard InChI is InChI=1S/C14H26N2O3/c1-3-12-10-16(7-8-19-12)11-5-4-6-14(15,9-11)13(17)18-2/h11-12H,3-10,15H2,1-2H3. The summed E-state index contributed by atoms with van der Waals surface area (Å²) < 4.78 is 10.6. The van der Waals surface area contributed by atoms with Gasteiger partial charge in [0.15, 0.2) is 0 Å². The van der Waals surface area contributed by atoms with Gasteiger partial charge in [-0.05, 0) is 32.1 Å². The molecule has 1 heterocycles. The van der Waals surface area contributed by atoms with Crippen LogP contribution in [0.1, 0.15) is 39.0 Å². The van der Waals surface area contributed by atoms with Crippen molar-refractivity contribution < 1.29 is 14.3 Å². The first-order chi connectivity index (χ1) is 9.09. The summed E-state index contributed by atoms with van der Waals surface area (Å²) in [6, 6.07) is 0.385. The zero-order valence-corrected chi connectivity index (χ0v) is 12.1. The zero-order valence-electron chi connectivity index (χ0n) is 12.1. The molecule has 1 aliphatic carbocycles. The van der Waals surface area contributed by atoms with Crippen LogP contribution >= 0.6 is 0 Å². The van der Waals surface area contributed by atoms with E-state index in [0.717, 1.165) is 45.4 Å². The molecular weight excluding hydrogens is 244 g/mol. The highest BCUT2D eigenvalue weighted by Gasteiger charge is 2.42. The number of carbonyl (C=O) groups is 1.